The fourth-order valence-corrected chi connectivity index (χ4v) is 4.84. The second-order valence-corrected chi connectivity index (χ2v) is 8.46. The summed E-state index contributed by atoms with van der Waals surface area (Å²) in [5.74, 6) is -0.0153. The average Bonchev–Trinajstić information content (AvgIpc) is 3.17. The number of sulfone groups is 1. The monoisotopic (exact) mass is 359 g/mol. The van der Waals surface area contributed by atoms with E-state index in [1.165, 1.54) is 0 Å². The van der Waals surface area contributed by atoms with Crippen molar-refractivity contribution in [1.29, 1.82) is 0 Å². The number of benzene rings is 1. The number of hydrogen-bond donors (Lipinski definition) is 0. The Morgan fingerprint density at radius 3 is 2.60 bits per heavy atom. The van der Waals surface area contributed by atoms with Crippen LogP contribution in [0.3, 0.4) is 0 Å². The SMILES string of the molecule is C=CCN(C(=O)c1ccc(-n2nccc2C)cc1)C1CCS(=O)(=O)C1. The molecule has 2 aromatic rings. The van der Waals surface area contributed by atoms with Crippen molar-refractivity contribution in [2.24, 2.45) is 0 Å². The van der Waals surface area contributed by atoms with Crippen molar-refractivity contribution in [3.63, 3.8) is 0 Å². The smallest absolute Gasteiger partial charge is 0.254 e. The predicted octanol–water partition coefficient (Wildman–Crippen LogP) is 2.00. The molecule has 0 saturated carbocycles. The maximum absolute atomic E-state index is 12.9. The Balaban J connectivity index is 1.83. The summed E-state index contributed by atoms with van der Waals surface area (Å²) in [7, 11) is -3.06. The van der Waals surface area contributed by atoms with Crippen LogP contribution >= 0.6 is 0 Å². The molecular formula is C18H21N3O3S. The molecule has 1 saturated heterocycles. The number of rotatable bonds is 5. The summed E-state index contributed by atoms with van der Waals surface area (Å²) >= 11 is 0. The number of nitrogens with zero attached hydrogens (tertiary/aromatic N) is 3. The van der Waals surface area contributed by atoms with Gasteiger partial charge in [-0.15, -0.1) is 6.58 Å². The van der Waals surface area contributed by atoms with E-state index in [-0.39, 0.29) is 23.5 Å². The summed E-state index contributed by atoms with van der Waals surface area (Å²) in [6, 6.07) is 8.79. The Hall–Kier alpha value is -2.41. The van der Waals surface area contributed by atoms with Crippen LogP contribution in [0, 0.1) is 6.92 Å². The number of aromatic nitrogens is 2. The van der Waals surface area contributed by atoms with Crippen LogP contribution in [-0.2, 0) is 9.84 Å². The fraction of sp³-hybridized carbons (Fsp3) is 0.333. The van der Waals surface area contributed by atoms with Crippen molar-refractivity contribution in [1.82, 2.24) is 14.7 Å². The van der Waals surface area contributed by atoms with Crippen LogP contribution in [0.15, 0.2) is 49.2 Å². The maximum atomic E-state index is 12.9. The van der Waals surface area contributed by atoms with Gasteiger partial charge in [-0.1, -0.05) is 6.08 Å². The van der Waals surface area contributed by atoms with E-state index in [4.69, 9.17) is 0 Å². The van der Waals surface area contributed by atoms with Gasteiger partial charge >= 0.3 is 0 Å². The van der Waals surface area contributed by atoms with E-state index in [2.05, 4.69) is 11.7 Å². The summed E-state index contributed by atoms with van der Waals surface area (Å²) in [6.45, 7) is 5.98. The summed E-state index contributed by atoms with van der Waals surface area (Å²) in [6.07, 6.45) is 3.83. The van der Waals surface area contributed by atoms with Gasteiger partial charge in [-0.2, -0.15) is 5.10 Å². The first-order valence-corrected chi connectivity index (χ1v) is 9.97. The van der Waals surface area contributed by atoms with Gasteiger partial charge in [0.15, 0.2) is 9.84 Å². The van der Waals surface area contributed by atoms with E-state index in [1.807, 2.05) is 25.1 Å². The third-order valence-corrected chi connectivity index (χ3v) is 6.18. The molecule has 6 nitrogen and oxygen atoms in total. The van der Waals surface area contributed by atoms with Crippen LogP contribution < -0.4 is 0 Å². The van der Waals surface area contributed by atoms with Crippen molar-refractivity contribution in [3.05, 3.63) is 60.4 Å². The van der Waals surface area contributed by atoms with Crippen molar-refractivity contribution in [2.75, 3.05) is 18.1 Å². The largest absolute Gasteiger partial charge is 0.331 e. The summed E-state index contributed by atoms with van der Waals surface area (Å²) < 4.78 is 25.3. The molecule has 0 radical (unpaired) electrons. The number of hydrogen-bond acceptors (Lipinski definition) is 4. The van der Waals surface area contributed by atoms with Crippen LogP contribution in [0.4, 0.5) is 0 Å². The predicted molar refractivity (Wildman–Crippen MR) is 96.6 cm³/mol. The standard InChI is InChI=1S/C18H21N3O3S/c1-3-11-20(17-9-12-25(23,24)13-17)18(22)15-4-6-16(7-5-15)21-14(2)8-10-19-21/h3-8,10,17H,1,9,11-13H2,2H3. The Morgan fingerprint density at radius 1 is 1.36 bits per heavy atom. The second kappa shape index (κ2) is 6.84. The van der Waals surface area contributed by atoms with Crippen molar-refractivity contribution < 1.29 is 13.2 Å². The lowest BCUT2D eigenvalue weighted by molar-refractivity contribution is 0.0720. The molecule has 0 aliphatic carbocycles. The van der Waals surface area contributed by atoms with E-state index in [0.29, 0.717) is 18.5 Å². The molecule has 2 heterocycles. The molecule has 0 spiro atoms. The molecule has 1 unspecified atom stereocenters. The third-order valence-electron chi connectivity index (χ3n) is 4.43. The van der Waals surface area contributed by atoms with Gasteiger partial charge in [0.05, 0.1) is 17.2 Å². The first-order valence-electron chi connectivity index (χ1n) is 8.14. The van der Waals surface area contributed by atoms with E-state index in [1.54, 1.807) is 34.0 Å². The Kier molecular flexibility index (Phi) is 4.76. The van der Waals surface area contributed by atoms with Gasteiger partial charge in [-0.05, 0) is 43.7 Å². The second-order valence-electron chi connectivity index (χ2n) is 6.23. The van der Waals surface area contributed by atoms with E-state index >= 15 is 0 Å². The maximum Gasteiger partial charge on any atom is 0.254 e. The van der Waals surface area contributed by atoms with Crippen LogP contribution in [0.25, 0.3) is 5.69 Å². The van der Waals surface area contributed by atoms with E-state index < -0.39 is 9.84 Å². The zero-order chi connectivity index (χ0) is 18.0. The summed E-state index contributed by atoms with van der Waals surface area (Å²) in [4.78, 5) is 14.5. The van der Waals surface area contributed by atoms with Gasteiger partial charge in [0.25, 0.3) is 5.91 Å². The highest BCUT2D eigenvalue weighted by atomic mass is 32.2. The van der Waals surface area contributed by atoms with Crippen molar-refractivity contribution in [3.8, 4) is 5.69 Å². The van der Waals surface area contributed by atoms with Gasteiger partial charge < -0.3 is 4.90 Å². The molecule has 7 heteroatoms. The molecule has 1 atom stereocenters. The number of carbonyl (C=O) groups is 1. The fourth-order valence-electron chi connectivity index (χ4n) is 3.11. The molecule has 25 heavy (non-hydrogen) atoms. The zero-order valence-electron chi connectivity index (χ0n) is 14.1. The summed E-state index contributed by atoms with van der Waals surface area (Å²) in [5, 5.41) is 4.25. The minimum atomic E-state index is -3.06. The average molecular weight is 359 g/mol. The molecule has 1 aromatic carbocycles. The van der Waals surface area contributed by atoms with Gasteiger partial charge in [0.2, 0.25) is 0 Å². The molecule has 132 valence electrons. The molecule has 1 aliphatic rings. The number of carbonyl (C=O) groups excluding carboxylic acids is 1. The normalized spacial score (nSPS) is 18.8. The van der Waals surface area contributed by atoms with Crippen molar-refractivity contribution >= 4 is 15.7 Å². The minimum absolute atomic E-state index is 0.0249. The highest BCUT2D eigenvalue weighted by molar-refractivity contribution is 7.91. The van der Waals surface area contributed by atoms with Crippen molar-refractivity contribution in [2.45, 2.75) is 19.4 Å². The lowest BCUT2D eigenvalue weighted by Crippen LogP contribution is -2.41. The molecule has 0 N–H and O–H groups in total. The number of aryl methyl sites for hydroxylation is 1. The Labute approximate surface area is 147 Å². The highest BCUT2D eigenvalue weighted by Gasteiger charge is 2.34. The number of amides is 1. The Bertz CT molecular complexity index is 885. The van der Waals surface area contributed by atoms with E-state index in [9.17, 15) is 13.2 Å². The summed E-state index contributed by atoms with van der Waals surface area (Å²) in [5.41, 5.74) is 2.40. The minimum Gasteiger partial charge on any atom is -0.331 e. The molecular weight excluding hydrogens is 338 g/mol. The molecule has 3 rings (SSSR count). The van der Waals surface area contributed by atoms with Crippen LogP contribution in [0.2, 0.25) is 0 Å². The molecule has 1 fully saturated rings. The highest BCUT2D eigenvalue weighted by Crippen LogP contribution is 2.21. The molecule has 1 aromatic heterocycles. The van der Waals surface area contributed by atoms with E-state index in [0.717, 1.165) is 11.4 Å². The van der Waals surface area contributed by atoms with Crippen LogP contribution in [-0.4, -0.2) is 53.1 Å². The molecule has 0 bridgehead atoms. The first kappa shape index (κ1) is 17.4. The third kappa shape index (κ3) is 3.66. The van der Waals surface area contributed by atoms with Gasteiger partial charge in [0.1, 0.15) is 0 Å². The topological polar surface area (TPSA) is 72.3 Å². The lowest BCUT2D eigenvalue weighted by atomic mass is 10.1. The van der Waals surface area contributed by atoms with Crippen LogP contribution in [0.5, 0.6) is 0 Å². The zero-order valence-corrected chi connectivity index (χ0v) is 14.9. The molecule has 1 aliphatic heterocycles. The molecule has 1 amide bonds. The van der Waals surface area contributed by atoms with Gasteiger partial charge in [0, 0.05) is 30.0 Å². The van der Waals surface area contributed by atoms with Gasteiger partial charge in [-0.25, -0.2) is 13.1 Å². The quantitative estimate of drug-likeness (QED) is 0.766. The Morgan fingerprint density at radius 2 is 2.08 bits per heavy atom. The lowest BCUT2D eigenvalue weighted by Gasteiger charge is -2.27. The van der Waals surface area contributed by atoms with Gasteiger partial charge in [-0.3, -0.25) is 4.79 Å². The first-order chi connectivity index (χ1) is 11.9. The van der Waals surface area contributed by atoms with Crippen LogP contribution in [0.1, 0.15) is 22.5 Å².